The van der Waals surface area contributed by atoms with Crippen LogP contribution in [-0.2, 0) is 19.1 Å². The van der Waals surface area contributed by atoms with Crippen molar-refractivity contribution in [3.05, 3.63) is 46.0 Å². The number of carbonyl (C=O) groups excluding carboxylic acids is 3. The Morgan fingerprint density at radius 1 is 0.867 bits per heavy atom. The van der Waals surface area contributed by atoms with Gasteiger partial charge in [0.05, 0.1) is 17.4 Å². The number of Topliss-reactive ketones (excluding diaryl/α,β-unsaturated/α-hetero) is 1. The summed E-state index contributed by atoms with van der Waals surface area (Å²) in [5, 5.41) is 20.7. The number of carboxylic acids is 1. The van der Waals surface area contributed by atoms with Crippen molar-refractivity contribution in [2.24, 2.45) is 68.0 Å². The smallest absolute Gasteiger partial charge is 0.309 e. The lowest BCUT2D eigenvalue weighted by Crippen LogP contribution is -2.72. The Bertz CT molecular complexity index is 1950. The Kier molecular flexibility index (Phi) is 10.9. The molecule has 0 radical (unpaired) electrons. The zero-order valence-corrected chi connectivity index (χ0v) is 38.6. The van der Waals surface area contributed by atoms with Gasteiger partial charge >= 0.3 is 11.9 Å². The third kappa shape index (κ3) is 6.58. The number of carbonyl (C=O) groups is 4. The van der Waals surface area contributed by atoms with Crippen LogP contribution in [0.2, 0.25) is 5.02 Å². The fourth-order valence-electron chi connectivity index (χ4n) is 15.5. The molecule has 7 aliphatic rings. The Morgan fingerprint density at radius 3 is 2.18 bits per heavy atom. The summed E-state index contributed by atoms with van der Waals surface area (Å²) < 4.78 is 6.44. The van der Waals surface area contributed by atoms with Crippen molar-refractivity contribution in [3.8, 4) is 0 Å². The second-order valence-electron chi connectivity index (χ2n) is 23.0. The van der Waals surface area contributed by atoms with Gasteiger partial charge in [-0.25, -0.2) is 0 Å². The molecule has 330 valence electrons. The summed E-state index contributed by atoms with van der Waals surface area (Å²) >= 11 is 6.08. The number of halogens is 1. The molecule has 1 heterocycles. The average molecular weight is 847 g/mol. The van der Waals surface area contributed by atoms with E-state index in [9.17, 15) is 24.3 Å². The van der Waals surface area contributed by atoms with E-state index in [1.165, 1.54) is 5.57 Å². The van der Waals surface area contributed by atoms with E-state index < -0.39 is 17.3 Å². The summed E-state index contributed by atoms with van der Waals surface area (Å²) in [6, 6.07) is 7.03. The topological polar surface area (TPSA) is 134 Å². The average Bonchev–Trinajstić information content (AvgIpc) is 3.45. The zero-order chi connectivity index (χ0) is 43.4. The molecule has 1 saturated heterocycles. The first kappa shape index (κ1) is 43.9. The molecule has 0 spiro atoms. The fraction of sp³-hybridized carbons (Fsp3) is 0.760. The molecular formula is C50H72ClN3O6. The van der Waals surface area contributed by atoms with Crippen molar-refractivity contribution in [1.82, 2.24) is 16.0 Å². The van der Waals surface area contributed by atoms with Crippen LogP contribution >= 0.6 is 11.6 Å². The van der Waals surface area contributed by atoms with Crippen LogP contribution in [0, 0.1) is 68.0 Å². The molecule has 1 aromatic rings. The highest BCUT2D eigenvalue weighted by Gasteiger charge is 2.70. The van der Waals surface area contributed by atoms with Gasteiger partial charge in [0.1, 0.15) is 6.10 Å². The van der Waals surface area contributed by atoms with Crippen molar-refractivity contribution < 1.29 is 29.0 Å². The molecule has 60 heavy (non-hydrogen) atoms. The SMILES string of the molecule is CC(C)C1=C2[C@H]3CC[C@@H]4[C@@]5(C)CC[C@H](OC(=O)[C@H]6C[C@@H](C(=O)O)C6(C)C)C(C)(C)[C@@H]5CC[C@@]4(C)[C@]3(C)CC[C@@]2(CCNCC2(NC(=O)c3ccc(Cl)cc3)CNC2)CC1=O. The number of hydrogen-bond acceptors (Lipinski definition) is 7. The van der Waals surface area contributed by atoms with Gasteiger partial charge in [-0.2, -0.15) is 0 Å². The molecular weight excluding hydrogens is 774 g/mol. The number of carboxylic acid groups (broad SMARTS) is 1. The highest BCUT2D eigenvalue weighted by molar-refractivity contribution is 6.30. The van der Waals surface area contributed by atoms with E-state index >= 15 is 0 Å². The molecule has 5 saturated carbocycles. The molecule has 0 unspecified atom stereocenters. The minimum atomic E-state index is -0.826. The van der Waals surface area contributed by atoms with E-state index in [1.54, 1.807) is 24.3 Å². The molecule has 10 heteroatoms. The summed E-state index contributed by atoms with van der Waals surface area (Å²) in [6.45, 7) is 23.6. The normalized spacial score (nSPS) is 39.6. The fourth-order valence-corrected chi connectivity index (χ4v) is 15.6. The standard InChI is InChI=1S/C50H72ClN3O6/c1-29(2)39-35(55)25-49(22-23-52-26-50(27-53-28-50)54-41(56)30-10-12-31(51)13-11-30)21-20-47(8)32(40(39)49)14-15-37-46(7)18-17-38(45(5,6)36(46)16-19-48(37,47)9)60-43(59)34-24-33(42(57)58)44(34,3)4/h10-13,29,32-34,36-38,52-53H,14-28H2,1-9H3,(H,54,56)(H,57,58)/t32-,33+,34-,36+,37-,38+,46+,47-,48-,49-/m1/s1. The lowest BCUT2D eigenvalue weighted by molar-refractivity contribution is -0.236. The predicted octanol–water partition coefficient (Wildman–Crippen LogP) is 9.03. The van der Waals surface area contributed by atoms with E-state index in [0.29, 0.717) is 66.6 Å². The first-order valence-corrected chi connectivity index (χ1v) is 23.6. The van der Waals surface area contributed by atoms with Crippen molar-refractivity contribution in [2.75, 3.05) is 26.2 Å². The van der Waals surface area contributed by atoms with Crippen LogP contribution in [0.5, 0.6) is 0 Å². The second kappa shape index (κ2) is 14.9. The van der Waals surface area contributed by atoms with Crippen LogP contribution in [0.3, 0.4) is 0 Å². The first-order valence-electron chi connectivity index (χ1n) is 23.3. The van der Waals surface area contributed by atoms with Crippen LogP contribution in [0.4, 0.5) is 0 Å². The second-order valence-corrected chi connectivity index (χ2v) is 23.5. The summed E-state index contributed by atoms with van der Waals surface area (Å²) in [5.41, 5.74) is 2.22. The lowest BCUT2D eigenvalue weighted by Gasteiger charge is -2.72. The number of hydrogen-bond donors (Lipinski definition) is 4. The predicted molar refractivity (Wildman–Crippen MR) is 234 cm³/mol. The van der Waals surface area contributed by atoms with Crippen molar-refractivity contribution in [3.63, 3.8) is 0 Å². The molecule has 9 nitrogen and oxygen atoms in total. The Hall–Kier alpha value is -2.75. The molecule has 6 aliphatic carbocycles. The summed E-state index contributed by atoms with van der Waals surface area (Å²) in [5.74, 6) is -0.140. The van der Waals surface area contributed by atoms with Crippen LogP contribution < -0.4 is 16.0 Å². The van der Waals surface area contributed by atoms with Gasteiger partial charge in [-0.15, -0.1) is 0 Å². The first-order chi connectivity index (χ1) is 28.1. The number of ketones is 1. The highest BCUT2D eigenvalue weighted by Crippen LogP contribution is 2.77. The largest absolute Gasteiger partial charge is 0.481 e. The zero-order valence-electron chi connectivity index (χ0n) is 37.8. The quantitative estimate of drug-likeness (QED) is 0.128. The molecule has 1 aliphatic heterocycles. The van der Waals surface area contributed by atoms with Gasteiger partial charge in [0, 0.05) is 47.5 Å². The number of fused-ring (bicyclic) bond motifs is 7. The number of nitrogens with one attached hydrogen (secondary N) is 3. The summed E-state index contributed by atoms with van der Waals surface area (Å²) in [4.78, 5) is 52.9. The third-order valence-electron chi connectivity index (χ3n) is 19.3. The molecule has 1 amide bonds. The van der Waals surface area contributed by atoms with Gasteiger partial charge in [-0.3, -0.25) is 19.2 Å². The maximum absolute atomic E-state index is 14.2. The summed E-state index contributed by atoms with van der Waals surface area (Å²) in [6.07, 6.45) is 10.2. The monoisotopic (exact) mass is 846 g/mol. The van der Waals surface area contributed by atoms with Crippen LogP contribution in [0.1, 0.15) is 143 Å². The molecule has 4 N–H and O–H groups in total. The van der Waals surface area contributed by atoms with Gasteiger partial charge < -0.3 is 25.8 Å². The van der Waals surface area contributed by atoms with E-state index in [4.69, 9.17) is 16.3 Å². The van der Waals surface area contributed by atoms with E-state index in [2.05, 4.69) is 64.4 Å². The number of ether oxygens (including phenoxy) is 1. The lowest BCUT2D eigenvalue weighted by atomic mass is 9.33. The number of aliphatic carboxylic acids is 1. The minimum Gasteiger partial charge on any atom is -0.481 e. The van der Waals surface area contributed by atoms with Gasteiger partial charge in [-0.05, 0) is 146 Å². The molecule has 6 fully saturated rings. The Morgan fingerprint density at radius 2 is 1.57 bits per heavy atom. The molecule has 8 rings (SSSR count). The van der Waals surface area contributed by atoms with E-state index in [-0.39, 0.29) is 62.4 Å². The number of rotatable bonds is 11. The van der Waals surface area contributed by atoms with Crippen LogP contribution in [0.25, 0.3) is 0 Å². The number of benzene rings is 1. The van der Waals surface area contributed by atoms with Gasteiger partial charge in [0.2, 0.25) is 0 Å². The third-order valence-corrected chi connectivity index (χ3v) is 19.5. The number of esters is 1. The van der Waals surface area contributed by atoms with Crippen molar-refractivity contribution in [2.45, 2.75) is 145 Å². The van der Waals surface area contributed by atoms with Crippen LogP contribution in [0.15, 0.2) is 35.4 Å². The van der Waals surface area contributed by atoms with Gasteiger partial charge in [0.25, 0.3) is 5.91 Å². The van der Waals surface area contributed by atoms with Gasteiger partial charge in [0.15, 0.2) is 5.78 Å². The minimum absolute atomic E-state index is 0.0679. The molecule has 1 aromatic carbocycles. The Balaban J connectivity index is 0.978. The van der Waals surface area contributed by atoms with Gasteiger partial charge in [-0.1, -0.05) is 79.5 Å². The molecule has 0 aromatic heterocycles. The molecule has 10 atom stereocenters. The maximum Gasteiger partial charge on any atom is 0.309 e. The number of amides is 1. The van der Waals surface area contributed by atoms with Crippen LogP contribution in [-0.4, -0.2) is 66.6 Å². The molecule has 0 bridgehead atoms. The van der Waals surface area contributed by atoms with Crippen molar-refractivity contribution in [1.29, 1.82) is 0 Å². The highest BCUT2D eigenvalue weighted by atomic mass is 35.5. The summed E-state index contributed by atoms with van der Waals surface area (Å²) in [7, 11) is 0. The maximum atomic E-state index is 14.2. The van der Waals surface area contributed by atoms with Crippen molar-refractivity contribution >= 4 is 35.2 Å². The van der Waals surface area contributed by atoms with E-state index in [0.717, 1.165) is 69.9 Å². The number of allylic oxidation sites excluding steroid dienone is 2. The Labute approximate surface area is 363 Å². The van der Waals surface area contributed by atoms with E-state index in [1.807, 2.05) is 13.8 Å².